The van der Waals surface area contributed by atoms with Gasteiger partial charge >= 0.3 is 0 Å². The summed E-state index contributed by atoms with van der Waals surface area (Å²) in [5, 5.41) is 0. The average Bonchev–Trinajstić information content (AvgIpc) is 2.30. The summed E-state index contributed by atoms with van der Waals surface area (Å²) in [7, 11) is 0. The van der Waals surface area contributed by atoms with Crippen LogP contribution in [0.15, 0.2) is 30.3 Å². The van der Waals surface area contributed by atoms with Crippen LogP contribution in [0, 0.1) is 5.92 Å². The maximum atomic E-state index is 5.79. The van der Waals surface area contributed by atoms with Crippen molar-refractivity contribution in [3.63, 3.8) is 0 Å². The largest absolute Gasteiger partial charge is 0.373 e. The molecule has 1 aliphatic heterocycles. The third-order valence-corrected chi connectivity index (χ3v) is 2.88. The monoisotopic (exact) mass is 191 g/mol. The van der Waals surface area contributed by atoms with E-state index in [9.17, 15) is 0 Å². The molecule has 0 unspecified atom stereocenters. The fourth-order valence-corrected chi connectivity index (χ4v) is 2.10. The Balaban J connectivity index is 2.15. The normalized spacial score (nSPS) is 27.5. The summed E-state index contributed by atoms with van der Waals surface area (Å²) in [6.45, 7) is 1.59. The topological polar surface area (TPSA) is 35.2 Å². The first-order chi connectivity index (χ1) is 6.92. The summed E-state index contributed by atoms with van der Waals surface area (Å²) in [6, 6.07) is 10.4. The van der Waals surface area contributed by atoms with Crippen molar-refractivity contribution in [3.05, 3.63) is 35.9 Å². The van der Waals surface area contributed by atoms with Gasteiger partial charge in [0.25, 0.3) is 0 Å². The molecule has 2 heteroatoms. The van der Waals surface area contributed by atoms with E-state index in [0.29, 0.717) is 5.92 Å². The van der Waals surface area contributed by atoms with Crippen molar-refractivity contribution in [2.24, 2.45) is 11.7 Å². The van der Waals surface area contributed by atoms with Gasteiger partial charge in [-0.3, -0.25) is 0 Å². The van der Waals surface area contributed by atoms with Gasteiger partial charge in [-0.1, -0.05) is 30.3 Å². The zero-order valence-corrected chi connectivity index (χ0v) is 8.36. The van der Waals surface area contributed by atoms with Gasteiger partial charge in [0, 0.05) is 12.5 Å². The van der Waals surface area contributed by atoms with Crippen LogP contribution in [0.3, 0.4) is 0 Å². The van der Waals surface area contributed by atoms with Crippen molar-refractivity contribution in [1.29, 1.82) is 0 Å². The van der Waals surface area contributed by atoms with Gasteiger partial charge in [-0.15, -0.1) is 0 Å². The van der Waals surface area contributed by atoms with Crippen LogP contribution < -0.4 is 5.73 Å². The summed E-state index contributed by atoms with van der Waals surface area (Å²) in [6.07, 6.45) is 2.55. The van der Waals surface area contributed by atoms with Crippen LogP contribution in [0.1, 0.15) is 24.5 Å². The first-order valence-corrected chi connectivity index (χ1v) is 5.28. The summed E-state index contributed by atoms with van der Waals surface area (Å²) in [5.41, 5.74) is 7.02. The Labute approximate surface area is 85.1 Å². The van der Waals surface area contributed by atoms with Crippen molar-refractivity contribution in [1.82, 2.24) is 0 Å². The fourth-order valence-electron chi connectivity index (χ4n) is 2.10. The maximum Gasteiger partial charge on any atom is 0.0865 e. The van der Waals surface area contributed by atoms with Crippen LogP contribution in [-0.2, 0) is 4.74 Å². The molecular weight excluding hydrogens is 174 g/mol. The minimum absolute atomic E-state index is 0.218. The third-order valence-electron chi connectivity index (χ3n) is 2.88. The number of benzene rings is 1. The molecule has 1 fully saturated rings. The van der Waals surface area contributed by atoms with E-state index in [1.165, 1.54) is 12.0 Å². The molecule has 0 aromatic heterocycles. The lowest BCUT2D eigenvalue weighted by molar-refractivity contribution is -0.0251. The second-order valence-corrected chi connectivity index (χ2v) is 3.84. The van der Waals surface area contributed by atoms with Gasteiger partial charge in [0.05, 0.1) is 6.10 Å². The van der Waals surface area contributed by atoms with E-state index < -0.39 is 0 Å². The molecule has 2 N–H and O–H groups in total. The minimum Gasteiger partial charge on any atom is -0.373 e. The van der Waals surface area contributed by atoms with Crippen molar-refractivity contribution in [2.45, 2.75) is 18.9 Å². The van der Waals surface area contributed by atoms with Crippen LogP contribution >= 0.6 is 0 Å². The van der Waals surface area contributed by atoms with E-state index >= 15 is 0 Å². The quantitative estimate of drug-likeness (QED) is 0.777. The van der Waals surface area contributed by atoms with Crippen LogP contribution in [0.2, 0.25) is 0 Å². The molecule has 0 aliphatic carbocycles. The summed E-state index contributed by atoms with van der Waals surface area (Å²) in [4.78, 5) is 0. The molecule has 2 atom stereocenters. The number of rotatable bonds is 2. The smallest absolute Gasteiger partial charge is 0.0865 e. The first kappa shape index (κ1) is 9.69. The molecule has 1 aromatic rings. The van der Waals surface area contributed by atoms with E-state index in [2.05, 4.69) is 24.3 Å². The molecule has 76 valence electrons. The lowest BCUT2D eigenvalue weighted by Gasteiger charge is -2.31. The zero-order valence-electron chi connectivity index (χ0n) is 8.36. The van der Waals surface area contributed by atoms with E-state index in [4.69, 9.17) is 10.5 Å². The van der Waals surface area contributed by atoms with Crippen LogP contribution in [-0.4, -0.2) is 13.2 Å². The second kappa shape index (κ2) is 4.58. The molecule has 0 saturated carbocycles. The number of hydrogen-bond donors (Lipinski definition) is 1. The minimum atomic E-state index is 0.218. The highest BCUT2D eigenvalue weighted by Crippen LogP contribution is 2.32. The third kappa shape index (κ3) is 1.97. The lowest BCUT2D eigenvalue weighted by atomic mass is 9.90. The van der Waals surface area contributed by atoms with Gasteiger partial charge in [-0.25, -0.2) is 0 Å². The Morgan fingerprint density at radius 3 is 2.79 bits per heavy atom. The Morgan fingerprint density at radius 1 is 1.29 bits per heavy atom. The molecule has 0 bridgehead atoms. The zero-order chi connectivity index (χ0) is 9.80. The summed E-state index contributed by atoms with van der Waals surface area (Å²) in [5.74, 6) is 0.492. The Morgan fingerprint density at radius 2 is 2.07 bits per heavy atom. The number of nitrogens with two attached hydrogens (primary N) is 1. The van der Waals surface area contributed by atoms with Crippen molar-refractivity contribution >= 4 is 0 Å². The number of hydrogen-bond acceptors (Lipinski definition) is 2. The molecule has 1 heterocycles. The molecule has 1 saturated heterocycles. The van der Waals surface area contributed by atoms with Crippen molar-refractivity contribution < 1.29 is 4.74 Å². The molecule has 0 spiro atoms. The SMILES string of the molecule is NC[C@@H]1CCCO[C@@H]1c1ccccc1. The van der Waals surface area contributed by atoms with E-state index in [1.807, 2.05) is 6.07 Å². The molecule has 1 aromatic carbocycles. The van der Waals surface area contributed by atoms with Gasteiger partial charge in [0.15, 0.2) is 0 Å². The van der Waals surface area contributed by atoms with Crippen LogP contribution in [0.25, 0.3) is 0 Å². The highest BCUT2D eigenvalue weighted by molar-refractivity contribution is 5.18. The highest BCUT2D eigenvalue weighted by Gasteiger charge is 2.25. The van der Waals surface area contributed by atoms with E-state index in [1.54, 1.807) is 0 Å². The molecular formula is C12H17NO. The maximum absolute atomic E-state index is 5.79. The molecule has 14 heavy (non-hydrogen) atoms. The van der Waals surface area contributed by atoms with E-state index in [-0.39, 0.29) is 6.10 Å². The highest BCUT2D eigenvalue weighted by atomic mass is 16.5. The predicted molar refractivity (Wildman–Crippen MR) is 56.9 cm³/mol. The van der Waals surface area contributed by atoms with Gasteiger partial charge in [0.1, 0.15) is 0 Å². The first-order valence-electron chi connectivity index (χ1n) is 5.28. The summed E-state index contributed by atoms with van der Waals surface area (Å²) >= 11 is 0. The van der Waals surface area contributed by atoms with Gasteiger partial charge in [0.2, 0.25) is 0 Å². The standard InChI is InChI=1S/C12H17NO/c13-9-11-7-4-8-14-12(11)10-5-2-1-3-6-10/h1-3,5-6,11-12H,4,7-9,13H2/t11-,12+/m0/s1. The molecule has 2 rings (SSSR count). The van der Waals surface area contributed by atoms with E-state index in [0.717, 1.165) is 19.6 Å². The molecule has 1 aliphatic rings. The van der Waals surface area contributed by atoms with Gasteiger partial charge in [-0.05, 0) is 24.9 Å². The second-order valence-electron chi connectivity index (χ2n) is 3.84. The Bertz CT molecular complexity index is 273. The molecule has 2 nitrogen and oxygen atoms in total. The predicted octanol–water partition coefficient (Wildman–Crippen LogP) is 2.11. The van der Waals surface area contributed by atoms with Gasteiger partial charge in [-0.2, -0.15) is 0 Å². The average molecular weight is 191 g/mol. The lowest BCUT2D eigenvalue weighted by Crippen LogP contribution is -2.28. The Kier molecular flexibility index (Phi) is 3.17. The Hall–Kier alpha value is -0.860. The number of ether oxygens (including phenoxy) is 1. The van der Waals surface area contributed by atoms with Crippen LogP contribution in [0.4, 0.5) is 0 Å². The van der Waals surface area contributed by atoms with Gasteiger partial charge < -0.3 is 10.5 Å². The summed E-state index contributed by atoms with van der Waals surface area (Å²) < 4.78 is 5.79. The van der Waals surface area contributed by atoms with Crippen LogP contribution in [0.5, 0.6) is 0 Å². The van der Waals surface area contributed by atoms with Crippen molar-refractivity contribution in [2.75, 3.05) is 13.2 Å². The van der Waals surface area contributed by atoms with Crippen molar-refractivity contribution in [3.8, 4) is 0 Å². The molecule has 0 radical (unpaired) electrons. The fraction of sp³-hybridized carbons (Fsp3) is 0.500. The molecule has 0 amide bonds.